The molecule has 0 unspecified atom stereocenters. The van der Waals surface area contributed by atoms with Gasteiger partial charge in [0.2, 0.25) is 0 Å². The Morgan fingerprint density at radius 1 is 1.17 bits per heavy atom. The van der Waals surface area contributed by atoms with Gasteiger partial charge in [0.15, 0.2) is 12.2 Å². The average Bonchev–Trinajstić information content (AvgIpc) is 2.52. The standard InChI is InChI=1S/C15H22F3NO4/c16-15(17,18)11-5-4-8-19(9-11)12(20)10-23-13(21)14(22)6-2-1-3-7-14/h11,22H,1-10H2/t11-/m1/s1. The highest BCUT2D eigenvalue weighted by molar-refractivity contribution is 5.84. The van der Waals surface area contributed by atoms with Crippen molar-refractivity contribution in [3.05, 3.63) is 0 Å². The van der Waals surface area contributed by atoms with Crippen LogP contribution in [0.1, 0.15) is 44.9 Å². The lowest BCUT2D eigenvalue weighted by atomic mass is 9.85. The van der Waals surface area contributed by atoms with E-state index in [9.17, 15) is 27.9 Å². The SMILES string of the molecule is O=C(COC(=O)C1(O)CCCCC1)N1CCC[C@@H](C(F)(F)F)C1. The highest BCUT2D eigenvalue weighted by Crippen LogP contribution is 2.33. The zero-order valence-electron chi connectivity index (χ0n) is 12.9. The summed E-state index contributed by atoms with van der Waals surface area (Å²) in [5, 5.41) is 10.2. The van der Waals surface area contributed by atoms with Crippen molar-refractivity contribution in [1.82, 2.24) is 4.90 Å². The summed E-state index contributed by atoms with van der Waals surface area (Å²) in [7, 11) is 0. The Kier molecular flexibility index (Phi) is 5.54. The minimum atomic E-state index is -4.33. The maximum Gasteiger partial charge on any atom is 0.393 e. The summed E-state index contributed by atoms with van der Waals surface area (Å²) in [6, 6.07) is 0. The third-order valence-electron chi connectivity index (χ3n) is 4.62. The second-order valence-corrected chi connectivity index (χ2v) is 6.39. The Morgan fingerprint density at radius 3 is 2.43 bits per heavy atom. The van der Waals surface area contributed by atoms with E-state index in [4.69, 9.17) is 4.74 Å². The number of rotatable bonds is 3. The number of hydrogen-bond acceptors (Lipinski definition) is 4. The molecule has 1 aliphatic carbocycles. The van der Waals surface area contributed by atoms with Crippen LogP contribution in [0.5, 0.6) is 0 Å². The van der Waals surface area contributed by atoms with Crippen LogP contribution in [0.4, 0.5) is 13.2 Å². The molecule has 1 saturated carbocycles. The Morgan fingerprint density at radius 2 is 1.83 bits per heavy atom. The minimum absolute atomic E-state index is 0.00676. The molecule has 0 aromatic rings. The van der Waals surface area contributed by atoms with Gasteiger partial charge in [-0.15, -0.1) is 0 Å². The van der Waals surface area contributed by atoms with Crippen LogP contribution in [0.2, 0.25) is 0 Å². The van der Waals surface area contributed by atoms with Gasteiger partial charge in [0.1, 0.15) is 0 Å². The van der Waals surface area contributed by atoms with Crippen molar-refractivity contribution in [3.63, 3.8) is 0 Å². The maximum absolute atomic E-state index is 12.7. The van der Waals surface area contributed by atoms with Crippen LogP contribution in [0.15, 0.2) is 0 Å². The van der Waals surface area contributed by atoms with Crippen molar-refractivity contribution in [2.75, 3.05) is 19.7 Å². The molecule has 132 valence electrons. The van der Waals surface area contributed by atoms with Gasteiger partial charge in [-0.3, -0.25) is 4.79 Å². The van der Waals surface area contributed by atoms with Crippen LogP contribution >= 0.6 is 0 Å². The van der Waals surface area contributed by atoms with Crippen LogP contribution in [-0.4, -0.2) is 53.4 Å². The summed E-state index contributed by atoms with van der Waals surface area (Å²) < 4.78 is 43.0. The topological polar surface area (TPSA) is 66.8 Å². The van der Waals surface area contributed by atoms with Crippen molar-refractivity contribution in [1.29, 1.82) is 0 Å². The zero-order valence-corrected chi connectivity index (χ0v) is 12.9. The Bertz CT molecular complexity index is 446. The van der Waals surface area contributed by atoms with Crippen LogP contribution in [0.3, 0.4) is 0 Å². The number of hydrogen-bond donors (Lipinski definition) is 1. The van der Waals surface area contributed by atoms with Crippen LogP contribution in [0.25, 0.3) is 0 Å². The average molecular weight is 337 g/mol. The third kappa shape index (κ3) is 4.59. The van der Waals surface area contributed by atoms with E-state index in [1.807, 2.05) is 0 Å². The Hall–Kier alpha value is -1.31. The van der Waals surface area contributed by atoms with Crippen LogP contribution in [0, 0.1) is 5.92 Å². The molecule has 0 radical (unpaired) electrons. The first-order valence-corrected chi connectivity index (χ1v) is 7.96. The number of esters is 1. The van der Waals surface area contributed by atoms with Gasteiger partial charge in [0.25, 0.3) is 5.91 Å². The first-order chi connectivity index (χ1) is 10.7. The van der Waals surface area contributed by atoms with Gasteiger partial charge in [0.05, 0.1) is 5.92 Å². The van der Waals surface area contributed by atoms with Gasteiger partial charge in [-0.2, -0.15) is 13.2 Å². The first kappa shape index (κ1) is 18.0. The largest absolute Gasteiger partial charge is 0.453 e. The number of ether oxygens (including phenoxy) is 1. The monoisotopic (exact) mass is 337 g/mol. The molecule has 0 aromatic heterocycles. The van der Waals surface area contributed by atoms with Crippen molar-refractivity contribution < 1.29 is 32.6 Å². The summed E-state index contributed by atoms with van der Waals surface area (Å²) >= 11 is 0. The van der Waals surface area contributed by atoms with E-state index in [1.165, 1.54) is 0 Å². The van der Waals surface area contributed by atoms with Gasteiger partial charge in [-0.05, 0) is 38.5 Å². The molecule has 2 rings (SSSR count). The summed E-state index contributed by atoms with van der Waals surface area (Å²) in [6.07, 6.45) is -1.12. The second kappa shape index (κ2) is 7.07. The van der Waals surface area contributed by atoms with Gasteiger partial charge < -0.3 is 14.7 Å². The molecule has 0 aromatic carbocycles. The number of alkyl halides is 3. The lowest BCUT2D eigenvalue weighted by molar-refractivity contribution is -0.190. The van der Waals surface area contributed by atoms with E-state index >= 15 is 0 Å². The predicted molar refractivity (Wildman–Crippen MR) is 74.4 cm³/mol. The molecule has 1 saturated heterocycles. The normalized spacial score (nSPS) is 25.0. The predicted octanol–water partition coefficient (Wildman–Crippen LogP) is 2.03. The lowest BCUT2D eigenvalue weighted by Gasteiger charge is -2.34. The molecule has 1 amide bonds. The first-order valence-electron chi connectivity index (χ1n) is 7.96. The highest BCUT2D eigenvalue weighted by Gasteiger charge is 2.43. The Labute approximate surface area is 132 Å². The van der Waals surface area contributed by atoms with Crippen molar-refractivity contribution >= 4 is 11.9 Å². The minimum Gasteiger partial charge on any atom is -0.453 e. The number of halogens is 3. The molecule has 2 fully saturated rings. The fourth-order valence-electron chi connectivity index (χ4n) is 3.16. The van der Waals surface area contributed by atoms with E-state index in [-0.39, 0.29) is 19.4 Å². The van der Waals surface area contributed by atoms with Crippen molar-refractivity contribution in [3.8, 4) is 0 Å². The van der Waals surface area contributed by atoms with E-state index in [2.05, 4.69) is 0 Å². The molecule has 0 spiro atoms. The zero-order chi connectivity index (χ0) is 17.1. The van der Waals surface area contributed by atoms with Crippen molar-refractivity contribution in [2.24, 2.45) is 5.92 Å². The molecule has 23 heavy (non-hydrogen) atoms. The molecule has 0 bridgehead atoms. The number of amides is 1. The second-order valence-electron chi connectivity index (χ2n) is 6.39. The Balaban J connectivity index is 1.83. The molecule has 1 aliphatic heterocycles. The number of nitrogens with zero attached hydrogens (tertiary/aromatic N) is 1. The summed E-state index contributed by atoms with van der Waals surface area (Å²) in [4.78, 5) is 25.0. The molecular formula is C15H22F3NO4. The molecule has 1 atom stereocenters. The quantitative estimate of drug-likeness (QED) is 0.800. The van der Waals surface area contributed by atoms with Crippen LogP contribution in [-0.2, 0) is 14.3 Å². The third-order valence-corrected chi connectivity index (χ3v) is 4.62. The highest BCUT2D eigenvalue weighted by atomic mass is 19.4. The van der Waals surface area contributed by atoms with E-state index in [1.54, 1.807) is 0 Å². The van der Waals surface area contributed by atoms with Gasteiger partial charge >= 0.3 is 12.1 Å². The number of carbonyl (C=O) groups excluding carboxylic acids is 2. The van der Waals surface area contributed by atoms with Crippen LogP contribution < -0.4 is 0 Å². The summed E-state index contributed by atoms with van der Waals surface area (Å²) in [5.41, 5.74) is -1.56. The maximum atomic E-state index is 12.7. The summed E-state index contributed by atoms with van der Waals surface area (Å²) in [5.74, 6) is -3.03. The van der Waals surface area contributed by atoms with Gasteiger partial charge in [0, 0.05) is 13.1 Å². The van der Waals surface area contributed by atoms with Crippen molar-refractivity contribution in [2.45, 2.75) is 56.7 Å². The molecule has 5 nitrogen and oxygen atoms in total. The number of likely N-dealkylation sites (tertiary alicyclic amines) is 1. The summed E-state index contributed by atoms with van der Waals surface area (Å²) in [6.45, 7) is -0.789. The van der Waals surface area contributed by atoms with E-state index in [0.29, 0.717) is 25.7 Å². The van der Waals surface area contributed by atoms with E-state index in [0.717, 1.165) is 11.3 Å². The number of carbonyl (C=O) groups is 2. The number of piperidine rings is 1. The van der Waals surface area contributed by atoms with Gasteiger partial charge in [-0.25, -0.2) is 4.79 Å². The smallest absolute Gasteiger partial charge is 0.393 e. The number of aliphatic hydroxyl groups is 1. The fourth-order valence-corrected chi connectivity index (χ4v) is 3.16. The van der Waals surface area contributed by atoms with Gasteiger partial charge in [-0.1, -0.05) is 6.42 Å². The molecule has 2 aliphatic rings. The molecular weight excluding hydrogens is 315 g/mol. The molecule has 8 heteroatoms. The van der Waals surface area contributed by atoms with E-state index < -0.39 is 42.7 Å². The molecule has 1 N–H and O–H groups in total. The fraction of sp³-hybridized carbons (Fsp3) is 0.867. The lowest BCUT2D eigenvalue weighted by Crippen LogP contribution is -2.47. The molecule has 1 heterocycles.